The zero-order chi connectivity index (χ0) is 15.6. The van der Waals surface area contributed by atoms with E-state index >= 15 is 0 Å². The first-order chi connectivity index (χ1) is 10.8. The summed E-state index contributed by atoms with van der Waals surface area (Å²) in [5.74, 6) is 0.694. The van der Waals surface area contributed by atoms with E-state index in [0.29, 0.717) is 5.92 Å². The summed E-state index contributed by atoms with van der Waals surface area (Å²) in [6, 6.07) is 9.47. The van der Waals surface area contributed by atoms with Gasteiger partial charge in [-0.3, -0.25) is 0 Å². The van der Waals surface area contributed by atoms with Crippen LogP contribution in [-0.4, -0.2) is 24.5 Å². The second-order valence-electron chi connectivity index (χ2n) is 7.14. The Kier molecular flexibility index (Phi) is 8.01. The summed E-state index contributed by atoms with van der Waals surface area (Å²) in [6.45, 7) is 8.59. The molecule has 0 spiro atoms. The molecule has 0 amide bonds. The molecule has 0 unspecified atom stereocenters. The molecule has 1 aromatic carbocycles. The summed E-state index contributed by atoms with van der Waals surface area (Å²) >= 11 is 0. The highest BCUT2D eigenvalue weighted by atomic mass is 15.1. The van der Waals surface area contributed by atoms with Gasteiger partial charge in [-0.1, -0.05) is 63.8 Å². The van der Waals surface area contributed by atoms with Crippen molar-refractivity contribution in [2.75, 3.05) is 19.6 Å². The molecule has 1 heterocycles. The van der Waals surface area contributed by atoms with Gasteiger partial charge in [0.2, 0.25) is 0 Å². The molecule has 1 heteroatoms. The number of unbranched alkanes of at least 4 members (excludes halogenated alkanes) is 4. The van der Waals surface area contributed by atoms with Gasteiger partial charge in [0.15, 0.2) is 0 Å². The van der Waals surface area contributed by atoms with E-state index in [-0.39, 0.29) is 0 Å². The van der Waals surface area contributed by atoms with Gasteiger partial charge < -0.3 is 4.90 Å². The van der Waals surface area contributed by atoms with Crippen LogP contribution in [-0.2, 0) is 6.42 Å². The largest absolute Gasteiger partial charge is 0.303 e. The van der Waals surface area contributed by atoms with Crippen molar-refractivity contribution in [2.24, 2.45) is 0 Å². The number of nitrogens with zero attached hydrogens (tertiary/aromatic N) is 1. The molecule has 1 aromatic rings. The average Bonchev–Trinajstić information content (AvgIpc) is 3.06. The molecule has 0 aromatic heterocycles. The van der Waals surface area contributed by atoms with Crippen LogP contribution in [0.25, 0.3) is 0 Å². The summed E-state index contributed by atoms with van der Waals surface area (Å²) < 4.78 is 0. The van der Waals surface area contributed by atoms with Crippen molar-refractivity contribution in [2.45, 2.75) is 77.6 Å². The van der Waals surface area contributed by atoms with Gasteiger partial charge >= 0.3 is 0 Å². The normalized spacial score (nSPS) is 17.0. The maximum absolute atomic E-state index is 2.63. The SMILES string of the molecule is CCCCCCCc1ccc([C@@H](C)CCN2CCCC2)cc1. The van der Waals surface area contributed by atoms with Crippen molar-refractivity contribution in [1.29, 1.82) is 0 Å². The molecule has 1 aliphatic rings. The average molecular weight is 302 g/mol. The molecule has 0 N–H and O–H groups in total. The van der Waals surface area contributed by atoms with Crippen LogP contribution >= 0.6 is 0 Å². The lowest BCUT2D eigenvalue weighted by molar-refractivity contribution is 0.324. The van der Waals surface area contributed by atoms with E-state index in [0.717, 1.165) is 0 Å². The molecule has 124 valence electrons. The predicted molar refractivity (Wildman–Crippen MR) is 97.6 cm³/mol. The van der Waals surface area contributed by atoms with E-state index in [1.54, 1.807) is 0 Å². The van der Waals surface area contributed by atoms with E-state index < -0.39 is 0 Å². The number of rotatable bonds is 10. The molecular formula is C21H35N. The fourth-order valence-corrected chi connectivity index (χ4v) is 3.49. The Balaban J connectivity index is 1.68. The van der Waals surface area contributed by atoms with Crippen LogP contribution in [0.5, 0.6) is 0 Å². The standard InChI is InChI=1S/C21H35N/c1-3-4-5-6-7-10-20-11-13-21(14-12-20)19(2)15-18-22-16-8-9-17-22/h11-14,19H,3-10,15-18H2,1-2H3/t19-/m0/s1. The second-order valence-corrected chi connectivity index (χ2v) is 7.14. The van der Waals surface area contributed by atoms with E-state index in [4.69, 9.17) is 0 Å². The second kappa shape index (κ2) is 10.0. The quantitative estimate of drug-likeness (QED) is 0.494. The molecule has 1 aliphatic heterocycles. The molecule has 2 rings (SSSR count). The van der Waals surface area contributed by atoms with Crippen molar-refractivity contribution in [1.82, 2.24) is 4.90 Å². The summed E-state index contributed by atoms with van der Waals surface area (Å²) in [5.41, 5.74) is 3.04. The highest BCUT2D eigenvalue weighted by Crippen LogP contribution is 2.21. The van der Waals surface area contributed by atoms with Gasteiger partial charge in [0.1, 0.15) is 0 Å². The van der Waals surface area contributed by atoms with Crippen molar-refractivity contribution in [3.05, 3.63) is 35.4 Å². The summed E-state index contributed by atoms with van der Waals surface area (Å²) in [4.78, 5) is 2.63. The van der Waals surface area contributed by atoms with Crippen LogP contribution in [0.15, 0.2) is 24.3 Å². The fraction of sp³-hybridized carbons (Fsp3) is 0.714. The third-order valence-electron chi connectivity index (χ3n) is 5.19. The van der Waals surface area contributed by atoms with Crippen LogP contribution in [0.2, 0.25) is 0 Å². The van der Waals surface area contributed by atoms with Gasteiger partial charge in [0.25, 0.3) is 0 Å². The molecule has 1 saturated heterocycles. The Morgan fingerprint density at radius 1 is 0.955 bits per heavy atom. The Morgan fingerprint density at radius 2 is 1.64 bits per heavy atom. The predicted octanol–water partition coefficient (Wildman–Crippen LogP) is 5.79. The third kappa shape index (κ3) is 6.12. The molecule has 1 atom stereocenters. The lowest BCUT2D eigenvalue weighted by Crippen LogP contribution is -2.21. The van der Waals surface area contributed by atoms with Crippen LogP contribution in [0, 0.1) is 0 Å². The van der Waals surface area contributed by atoms with E-state index in [2.05, 4.69) is 43.0 Å². The van der Waals surface area contributed by atoms with Crippen molar-refractivity contribution in [3.63, 3.8) is 0 Å². The van der Waals surface area contributed by atoms with Gasteiger partial charge in [-0.25, -0.2) is 0 Å². The van der Waals surface area contributed by atoms with Crippen LogP contribution in [0.1, 0.15) is 82.3 Å². The van der Waals surface area contributed by atoms with E-state index in [1.165, 1.54) is 88.5 Å². The Bertz CT molecular complexity index is 389. The Morgan fingerprint density at radius 3 is 2.32 bits per heavy atom. The molecule has 0 aliphatic carbocycles. The third-order valence-corrected chi connectivity index (χ3v) is 5.19. The van der Waals surface area contributed by atoms with Gasteiger partial charge in [-0.15, -0.1) is 0 Å². The minimum absolute atomic E-state index is 0.694. The summed E-state index contributed by atoms with van der Waals surface area (Å²) in [6.07, 6.45) is 12.2. The first kappa shape index (κ1) is 17.5. The van der Waals surface area contributed by atoms with Crippen LogP contribution in [0.4, 0.5) is 0 Å². The minimum Gasteiger partial charge on any atom is -0.303 e. The highest BCUT2D eigenvalue weighted by molar-refractivity contribution is 5.25. The van der Waals surface area contributed by atoms with E-state index in [9.17, 15) is 0 Å². The van der Waals surface area contributed by atoms with Crippen molar-refractivity contribution in [3.8, 4) is 0 Å². The van der Waals surface area contributed by atoms with Gasteiger partial charge in [-0.2, -0.15) is 0 Å². The monoisotopic (exact) mass is 301 g/mol. The maximum Gasteiger partial charge on any atom is -0.00130 e. The smallest absolute Gasteiger partial charge is 0.00130 e. The lowest BCUT2D eigenvalue weighted by atomic mass is 9.95. The number of hydrogen-bond acceptors (Lipinski definition) is 1. The van der Waals surface area contributed by atoms with Crippen LogP contribution in [0.3, 0.4) is 0 Å². The van der Waals surface area contributed by atoms with Crippen molar-refractivity contribution >= 4 is 0 Å². The van der Waals surface area contributed by atoms with E-state index in [1.807, 2.05) is 0 Å². The summed E-state index contributed by atoms with van der Waals surface area (Å²) in [7, 11) is 0. The molecule has 0 radical (unpaired) electrons. The maximum atomic E-state index is 2.63. The van der Waals surface area contributed by atoms with Crippen LogP contribution < -0.4 is 0 Å². The molecular weight excluding hydrogens is 266 g/mol. The number of likely N-dealkylation sites (tertiary alicyclic amines) is 1. The number of benzene rings is 1. The highest BCUT2D eigenvalue weighted by Gasteiger charge is 2.13. The topological polar surface area (TPSA) is 3.24 Å². The molecule has 1 fully saturated rings. The summed E-state index contributed by atoms with van der Waals surface area (Å²) in [5, 5.41) is 0. The fourth-order valence-electron chi connectivity index (χ4n) is 3.49. The number of hydrogen-bond donors (Lipinski definition) is 0. The van der Waals surface area contributed by atoms with Gasteiger partial charge in [0, 0.05) is 0 Å². The van der Waals surface area contributed by atoms with Gasteiger partial charge in [-0.05, 0) is 68.8 Å². The first-order valence-corrected chi connectivity index (χ1v) is 9.60. The molecule has 0 bridgehead atoms. The zero-order valence-corrected chi connectivity index (χ0v) is 14.8. The minimum atomic E-state index is 0.694. The molecule has 1 nitrogen and oxygen atoms in total. The molecule has 0 saturated carbocycles. The Hall–Kier alpha value is -0.820. The Labute approximate surface area is 138 Å². The molecule has 22 heavy (non-hydrogen) atoms. The van der Waals surface area contributed by atoms with Crippen molar-refractivity contribution < 1.29 is 0 Å². The first-order valence-electron chi connectivity index (χ1n) is 9.60. The van der Waals surface area contributed by atoms with Gasteiger partial charge in [0.05, 0.1) is 0 Å². The lowest BCUT2D eigenvalue weighted by Gasteiger charge is -2.18. The number of aryl methyl sites for hydroxylation is 1. The zero-order valence-electron chi connectivity index (χ0n) is 14.8.